The Morgan fingerprint density at radius 2 is 1.42 bits per heavy atom. The van der Waals surface area contributed by atoms with Gasteiger partial charge in [-0.3, -0.25) is 0 Å². The van der Waals surface area contributed by atoms with E-state index in [9.17, 15) is 0 Å². The number of rotatable bonds is 6. The Hall–Kier alpha value is -3.72. The van der Waals surface area contributed by atoms with Crippen molar-refractivity contribution >= 4 is 55.1 Å². The van der Waals surface area contributed by atoms with Crippen LogP contribution in [-0.4, -0.2) is 11.6 Å². The van der Waals surface area contributed by atoms with Crippen LogP contribution >= 0.6 is 0 Å². The molecule has 36 heavy (non-hydrogen) atoms. The highest BCUT2D eigenvalue weighted by molar-refractivity contribution is 6.09. The van der Waals surface area contributed by atoms with E-state index in [-0.39, 0.29) is 5.41 Å². The lowest BCUT2D eigenvalue weighted by Gasteiger charge is -2.28. The van der Waals surface area contributed by atoms with Crippen LogP contribution in [0.2, 0.25) is 0 Å². The summed E-state index contributed by atoms with van der Waals surface area (Å²) in [6.07, 6.45) is 3.57. The predicted octanol–water partition coefficient (Wildman–Crippen LogP) is 9.47. The molecule has 0 spiro atoms. The number of anilines is 2. The minimum atomic E-state index is 0.223. The molecule has 0 bridgehead atoms. The van der Waals surface area contributed by atoms with Crippen molar-refractivity contribution in [2.45, 2.75) is 45.4 Å². The van der Waals surface area contributed by atoms with Gasteiger partial charge in [-0.25, -0.2) is 0 Å². The highest BCUT2D eigenvalue weighted by atomic mass is 16.3. The third kappa shape index (κ3) is 3.41. The number of para-hydroxylation sites is 1. The Kier molecular flexibility index (Phi) is 5.33. The molecule has 0 fully saturated rings. The van der Waals surface area contributed by atoms with E-state index < -0.39 is 0 Å². The minimum absolute atomic E-state index is 0.223. The van der Waals surface area contributed by atoms with Crippen molar-refractivity contribution in [3.63, 3.8) is 0 Å². The predicted molar refractivity (Wildman–Crippen MR) is 155 cm³/mol. The molecule has 0 amide bonds. The summed E-state index contributed by atoms with van der Waals surface area (Å²) in [5.74, 6) is 0. The van der Waals surface area contributed by atoms with Crippen molar-refractivity contribution in [2.24, 2.45) is 7.05 Å². The maximum absolute atomic E-state index is 6.03. The van der Waals surface area contributed by atoms with Crippen LogP contribution in [0, 0.1) is 0 Å². The fourth-order valence-electron chi connectivity index (χ4n) is 5.92. The summed E-state index contributed by atoms with van der Waals surface area (Å²) in [5, 5.41) is 4.94. The van der Waals surface area contributed by atoms with E-state index in [0.29, 0.717) is 0 Å². The molecule has 2 aromatic heterocycles. The first-order valence-electron chi connectivity index (χ1n) is 13.1. The first-order chi connectivity index (χ1) is 17.4. The topological polar surface area (TPSA) is 21.3 Å². The zero-order valence-corrected chi connectivity index (χ0v) is 21.9. The molecular weight excluding hydrogens is 440 g/mol. The second-order valence-electron chi connectivity index (χ2n) is 10.5. The van der Waals surface area contributed by atoms with Gasteiger partial charge in [0.25, 0.3) is 0 Å². The van der Waals surface area contributed by atoms with Crippen LogP contribution in [0.3, 0.4) is 0 Å². The molecule has 0 aliphatic carbocycles. The number of aromatic nitrogens is 1. The molecule has 3 heteroatoms. The number of fused-ring (bicyclic) bond motifs is 6. The van der Waals surface area contributed by atoms with Crippen LogP contribution in [0.1, 0.15) is 45.6 Å². The van der Waals surface area contributed by atoms with Crippen LogP contribution in [0.5, 0.6) is 0 Å². The summed E-state index contributed by atoms with van der Waals surface area (Å²) in [4.78, 5) is 2.26. The number of nitrogens with zero attached hydrogens (tertiary/aromatic N) is 2. The molecule has 182 valence electrons. The maximum Gasteiger partial charge on any atom is 0.135 e. The zero-order valence-electron chi connectivity index (χ0n) is 21.9. The molecule has 1 atom stereocenters. The average molecular weight is 475 g/mol. The molecule has 1 unspecified atom stereocenters. The average Bonchev–Trinajstić information content (AvgIpc) is 3.42. The molecule has 6 rings (SSSR count). The quantitative estimate of drug-likeness (QED) is 0.240. The molecule has 0 N–H and O–H groups in total. The first-order valence-corrected chi connectivity index (χ1v) is 13.1. The van der Waals surface area contributed by atoms with Gasteiger partial charge in [0.2, 0.25) is 0 Å². The third-order valence-corrected chi connectivity index (χ3v) is 8.41. The maximum atomic E-state index is 6.03. The summed E-state index contributed by atoms with van der Waals surface area (Å²) >= 11 is 0. The van der Waals surface area contributed by atoms with E-state index in [1.165, 1.54) is 45.9 Å². The molecule has 6 aromatic rings. The summed E-state index contributed by atoms with van der Waals surface area (Å²) < 4.78 is 8.40. The Balaban J connectivity index is 1.44. The Labute approximate surface area is 212 Å². The summed E-state index contributed by atoms with van der Waals surface area (Å²) in [6, 6.07) is 28.6. The fourth-order valence-corrected chi connectivity index (χ4v) is 5.92. The lowest BCUT2D eigenvalue weighted by Crippen LogP contribution is -2.20. The van der Waals surface area contributed by atoms with E-state index in [1.807, 2.05) is 12.1 Å². The van der Waals surface area contributed by atoms with Crippen molar-refractivity contribution in [2.75, 3.05) is 11.9 Å². The molecule has 0 aliphatic heterocycles. The van der Waals surface area contributed by atoms with Gasteiger partial charge in [0, 0.05) is 52.5 Å². The van der Waals surface area contributed by atoms with Crippen LogP contribution in [0.15, 0.2) is 83.3 Å². The van der Waals surface area contributed by atoms with Crippen LogP contribution in [0.4, 0.5) is 11.4 Å². The van der Waals surface area contributed by atoms with Gasteiger partial charge in [-0.1, -0.05) is 63.6 Å². The van der Waals surface area contributed by atoms with Gasteiger partial charge in [-0.2, -0.15) is 0 Å². The smallest absolute Gasteiger partial charge is 0.135 e. The van der Waals surface area contributed by atoms with E-state index in [1.54, 1.807) is 0 Å². The summed E-state index contributed by atoms with van der Waals surface area (Å²) in [6.45, 7) is 7.01. The molecule has 0 radical (unpaired) electrons. The first kappa shape index (κ1) is 22.7. The Bertz CT molecular complexity index is 1740. The van der Waals surface area contributed by atoms with Gasteiger partial charge in [0.15, 0.2) is 0 Å². The fraction of sp³-hybridized carbons (Fsp3) is 0.273. The monoisotopic (exact) mass is 474 g/mol. The van der Waals surface area contributed by atoms with Crippen molar-refractivity contribution in [1.29, 1.82) is 0 Å². The van der Waals surface area contributed by atoms with Gasteiger partial charge in [0.1, 0.15) is 11.2 Å². The SMILES string of the molecule is CCCC(C)(CC)c1ccc2c3ccc(N(C)c4ccc5oc6ccccc6c5c4)cc3n(C)c2c1. The molecule has 0 saturated heterocycles. The van der Waals surface area contributed by atoms with E-state index in [0.717, 1.165) is 34.0 Å². The highest BCUT2D eigenvalue weighted by Crippen LogP contribution is 2.39. The van der Waals surface area contributed by atoms with Gasteiger partial charge >= 0.3 is 0 Å². The van der Waals surface area contributed by atoms with Crippen molar-refractivity contribution in [3.8, 4) is 0 Å². The molecule has 0 saturated carbocycles. The second kappa shape index (κ2) is 8.44. The minimum Gasteiger partial charge on any atom is -0.456 e. The molecular formula is C33H34N2O. The van der Waals surface area contributed by atoms with Gasteiger partial charge < -0.3 is 13.9 Å². The van der Waals surface area contributed by atoms with E-state index in [2.05, 4.69) is 111 Å². The van der Waals surface area contributed by atoms with Crippen molar-refractivity contribution in [3.05, 3.63) is 84.4 Å². The number of hydrogen-bond acceptors (Lipinski definition) is 2. The molecule has 0 aliphatic rings. The largest absolute Gasteiger partial charge is 0.456 e. The number of aryl methyl sites for hydroxylation is 1. The van der Waals surface area contributed by atoms with Crippen molar-refractivity contribution in [1.82, 2.24) is 4.57 Å². The van der Waals surface area contributed by atoms with E-state index in [4.69, 9.17) is 4.42 Å². The van der Waals surface area contributed by atoms with Gasteiger partial charge in [-0.05, 0) is 66.3 Å². The summed E-state index contributed by atoms with van der Waals surface area (Å²) in [7, 11) is 4.34. The third-order valence-electron chi connectivity index (χ3n) is 8.41. The van der Waals surface area contributed by atoms with Gasteiger partial charge in [-0.15, -0.1) is 0 Å². The molecule has 2 heterocycles. The highest BCUT2D eigenvalue weighted by Gasteiger charge is 2.24. The molecule has 4 aromatic carbocycles. The zero-order chi connectivity index (χ0) is 25.0. The van der Waals surface area contributed by atoms with Crippen LogP contribution in [0.25, 0.3) is 43.7 Å². The summed E-state index contributed by atoms with van der Waals surface area (Å²) in [5.41, 5.74) is 8.42. The van der Waals surface area contributed by atoms with E-state index >= 15 is 0 Å². The normalized spacial score (nSPS) is 13.7. The number of benzene rings is 4. The van der Waals surface area contributed by atoms with Gasteiger partial charge in [0.05, 0.1) is 5.52 Å². The number of hydrogen-bond donors (Lipinski definition) is 0. The van der Waals surface area contributed by atoms with Crippen LogP contribution < -0.4 is 4.90 Å². The Morgan fingerprint density at radius 1 is 0.750 bits per heavy atom. The number of furan rings is 1. The molecule has 3 nitrogen and oxygen atoms in total. The standard InChI is InChI=1S/C33H34N2O/c1-6-18-33(3,7-2)22-12-15-25-26-16-13-24(21-30(26)35(5)29(25)19-22)34(4)23-14-17-32-28(20-23)27-10-8-9-11-31(27)36-32/h8-17,19-21H,6-7,18H2,1-5H3. The second-order valence-corrected chi connectivity index (χ2v) is 10.5. The lowest BCUT2D eigenvalue weighted by atomic mass is 9.76. The van der Waals surface area contributed by atoms with Crippen molar-refractivity contribution < 1.29 is 4.42 Å². The lowest BCUT2D eigenvalue weighted by molar-refractivity contribution is 0.414. The van der Waals surface area contributed by atoms with Crippen LogP contribution in [-0.2, 0) is 12.5 Å². The Morgan fingerprint density at radius 3 is 2.19 bits per heavy atom.